The van der Waals surface area contributed by atoms with E-state index in [1.807, 2.05) is 48.5 Å². The summed E-state index contributed by atoms with van der Waals surface area (Å²) < 4.78 is 11.4. The van der Waals surface area contributed by atoms with Crippen molar-refractivity contribution in [2.24, 2.45) is 0 Å². The minimum Gasteiger partial charge on any atom is -0.490 e. The lowest BCUT2D eigenvalue weighted by Crippen LogP contribution is -1.97. The largest absolute Gasteiger partial charge is 0.490 e. The Morgan fingerprint density at radius 3 is 2.26 bits per heavy atom. The maximum absolute atomic E-state index is 9.00. The molecule has 3 heteroatoms. The zero-order valence-corrected chi connectivity index (χ0v) is 11.0. The Morgan fingerprint density at radius 1 is 0.947 bits per heavy atom. The molecule has 0 fully saturated rings. The Bertz CT molecular complexity index is 506. The first-order chi connectivity index (χ1) is 9.33. The van der Waals surface area contributed by atoms with Gasteiger partial charge in [0.05, 0.1) is 13.2 Å². The van der Waals surface area contributed by atoms with Gasteiger partial charge in [-0.15, -0.1) is 0 Å². The van der Waals surface area contributed by atoms with Gasteiger partial charge in [0, 0.05) is 0 Å². The normalized spacial score (nSPS) is 10.2. The van der Waals surface area contributed by atoms with Crippen LogP contribution < -0.4 is 9.47 Å². The fraction of sp³-hybridized carbons (Fsp3) is 0.250. The van der Waals surface area contributed by atoms with Crippen molar-refractivity contribution in [2.75, 3.05) is 6.61 Å². The molecule has 0 saturated heterocycles. The zero-order valence-electron chi connectivity index (χ0n) is 11.0. The van der Waals surface area contributed by atoms with Crippen molar-refractivity contribution in [3.05, 3.63) is 54.1 Å². The third-order valence-corrected chi connectivity index (χ3v) is 2.64. The van der Waals surface area contributed by atoms with E-state index in [4.69, 9.17) is 14.6 Å². The van der Waals surface area contributed by atoms with Crippen LogP contribution in [0.3, 0.4) is 0 Å². The number of benzene rings is 2. The fourth-order valence-corrected chi connectivity index (χ4v) is 1.66. The average molecular weight is 258 g/mol. The van der Waals surface area contributed by atoms with Crippen molar-refractivity contribution >= 4 is 0 Å². The van der Waals surface area contributed by atoms with Gasteiger partial charge in [-0.3, -0.25) is 0 Å². The average Bonchev–Trinajstić information content (AvgIpc) is 2.47. The van der Waals surface area contributed by atoms with E-state index in [2.05, 4.69) is 6.92 Å². The predicted molar refractivity (Wildman–Crippen MR) is 74.7 cm³/mol. The molecule has 0 atom stereocenters. The molecule has 0 spiro atoms. The second kappa shape index (κ2) is 6.81. The van der Waals surface area contributed by atoms with Crippen molar-refractivity contribution in [1.82, 2.24) is 0 Å². The van der Waals surface area contributed by atoms with E-state index >= 15 is 0 Å². The molecule has 0 saturated carbocycles. The molecule has 0 aliphatic rings. The molecule has 19 heavy (non-hydrogen) atoms. The number of hydrogen-bond donors (Lipinski definition) is 1. The van der Waals surface area contributed by atoms with Crippen LogP contribution in [0.1, 0.15) is 18.9 Å². The highest BCUT2D eigenvalue weighted by atomic mass is 16.5. The number of rotatable bonds is 6. The standard InChI is InChI=1S/C16H18O3/c1-2-11-18-15-5-3-4-6-16(15)19-14-9-7-13(12-17)8-10-14/h3-10,17H,2,11-12H2,1H3. The Balaban J connectivity index is 2.12. The topological polar surface area (TPSA) is 38.7 Å². The van der Waals surface area contributed by atoms with Crippen LogP contribution in [0, 0.1) is 0 Å². The van der Waals surface area contributed by atoms with E-state index < -0.39 is 0 Å². The lowest BCUT2D eigenvalue weighted by Gasteiger charge is -2.12. The van der Waals surface area contributed by atoms with Crippen LogP contribution in [0.25, 0.3) is 0 Å². The maximum atomic E-state index is 9.00. The quantitative estimate of drug-likeness (QED) is 0.857. The molecule has 1 N–H and O–H groups in total. The monoisotopic (exact) mass is 258 g/mol. The Hall–Kier alpha value is -2.00. The van der Waals surface area contributed by atoms with E-state index in [1.165, 1.54) is 0 Å². The first-order valence-corrected chi connectivity index (χ1v) is 6.43. The maximum Gasteiger partial charge on any atom is 0.169 e. The van der Waals surface area contributed by atoms with E-state index in [1.54, 1.807) is 0 Å². The molecule has 0 radical (unpaired) electrons. The van der Waals surface area contributed by atoms with Crippen LogP contribution in [-0.2, 0) is 6.61 Å². The van der Waals surface area contributed by atoms with Gasteiger partial charge in [-0.05, 0) is 36.2 Å². The molecular weight excluding hydrogens is 240 g/mol. The van der Waals surface area contributed by atoms with Gasteiger partial charge >= 0.3 is 0 Å². The molecule has 0 unspecified atom stereocenters. The van der Waals surface area contributed by atoms with Gasteiger partial charge in [0.15, 0.2) is 11.5 Å². The summed E-state index contributed by atoms with van der Waals surface area (Å²) in [7, 11) is 0. The highest BCUT2D eigenvalue weighted by Crippen LogP contribution is 2.31. The van der Waals surface area contributed by atoms with Gasteiger partial charge < -0.3 is 14.6 Å². The molecule has 2 aromatic rings. The summed E-state index contributed by atoms with van der Waals surface area (Å²) in [6, 6.07) is 15.0. The first kappa shape index (κ1) is 13.4. The van der Waals surface area contributed by atoms with Crippen molar-refractivity contribution in [3.63, 3.8) is 0 Å². The molecule has 3 nitrogen and oxygen atoms in total. The molecule has 2 rings (SSSR count). The fourth-order valence-electron chi connectivity index (χ4n) is 1.66. The number of aliphatic hydroxyl groups is 1. The predicted octanol–water partition coefficient (Wildman–Crippen LogP) is 3.76. The van der Waals surface area contributed by atoms with Gasteiger partial charge in [-0.25, -0.2) is 0 Å². The Morgan fingerprint density at radius 2 is 1.63 bits per heavy atom. The SMILES string of the molecule is CCCOc1ccccc1Oc1ccc(CO)cc1. The number of para-hydroxylation sites is 2. The molecule has 0 aliphatic carbocycles. The third-order valence-electron chi connectivity index (χ3n) is 2.64. The van der Waals surface area contributed by atoms with Gasteiger partial charge in [-0.1, -0.05) is 31.2 Å². The number of hydrogen-bond acceptors (Lipinski definition) is 3. The van der Waals surface area contributed by atoms with Gasteiger partial charge in [0.25, 0.3) is 0 Å². The van der Waals surface area contributed by atoms with Crippen LogP contribution in [0.5, 0.6) is 17.2 Å². The second-order valence-electron chi connectivity index (χ2n) is 4.20. The van der Waals surface area contributed by atoms with E-state index in [0.717, 1.165) is 23.5 Å². The smallest absolute Gasteiger partial charge is 0.169 e. The minimum absolute atomic E-state index is 0.0382. The highest BCUT2D eigenvalue weighted by Gasteiger charge is 2.05. The van der Waals surface area contributed by atoms with Crippen molar-refractivity contribution < 1.29 is 14.6 Å². The summed E-state index contributed by atoms with van der Waals surface area (Å²) >= 11 is 0. The van der Waals surface area contributed by atoms with Crippen LogP contribution in [0.15, 0.2) is 48.5 Å². The summed E-state index contributed by atoms with van der Waals surface area (Å²) in [5.74, 6) is 2.17. The van der Waals surface area contributed by atoms with Gasteiger partial charge in [0.1, 0.15) is 5.75 Å². The lowest BCUT2D eigenvalue weighted by atomic mass is 10.2. The van der Waals surface area contributed by atoms with E-state index in [0.29, 0.717) is 12.4 Å². The third kappa shape index (κ3) is 3.73. The van der Waals surface area contributed by atoms with Crippen LogP contribution >= 0.6 is 0 Å². The van der Waals surface area contributed by atoms with E-state index in [-0.39, 0.29) is 6.61 Å². The summed E-state index contributed by atoms with van der Waals surface area (Å²) in [5.41, 5.74) is 0.864. The van der Waals surface area contributed by atoms with Crippen LogP contribution in [0.2, 0.25) is 0 Å². The molecule has 0 amide bonds. The Labute approximate surface area is 113 Å². The molecule has 2 aromatic carbocycles. The molecule has 100 valence electrons. The second-order valence-corrected chi connectivity index (χ2v) is 4.20. The van der Waals surface area contributed by atoms with Crippen molar-refractivity contribution in [2.45, 2.75) is 20.0 Å². The number of ether oxygens (including phenoxy) is 2. The summed E-state index contributed by atoms with van der Waals surface area (Å²) in [5, 5.41) is 9.00. The van der Waals surface area contributed by atoms with Crippen molar-refractivity contribution in [3.8, 4) is 17.2 Å². The van der Waals surface area contributed by atoms with E-state index in [9.17, 15) is 0 Å². The van der Waals surface area contributed by atoms with Gasteiger partial charge in [-0.2, -0.15) is 0 Å². The summed E-state index contributed by atoms with van der Waals surface area (Å²) in [4.78, 5) is 0. The summed E-state index contributed by atoms with van der Waals surface area (Å²) in [6.45, 7) is 2.78. The van der Waals surface area contributed by atoms with Crippen LogP contribution in [0.4, 0.5) is 0 Å². The highest BCUT2D eigenvalue weighted by molar-refractivity contribution is 5.43. The number of aliphatic hydroxyl groups excluding tert-OH is 1. The molecule has 0 heterocycles. The molecular formula is C16H18O3. The summed E-state index contributed by atoms with van der Waals surface area (Å²) in [6.07, 6.45) is 0.958. The zero-order chi connectivity index (χ0) is 13.5. The van der Waals surface area contributed by atoms with Crippen LogP contribution in [-0.4, -0.2) is 11.7 Å². The Kier molecular flexibility index (Phi) is 4.81. The molecule has 0 bridgehead atoms. The van der Waals surface area contributed by atoms with Crippen molar-refractivity contribution in [1.29, 1.82) is 0 Å². The molecule has 0 aromatic heterocycles. The lowest BCUT2D eigenvalue weighted by molar-refractivity contribution is 0.281. The first-order valence-electron chi connectivity index (χ1n) is 6.43. The molecule has 0 aliphatic heterocycles. The van der Waals surface area contributed by atoms with Gasteiger partial charge in [0.2, 0.25) is 0 Å². The minimum atomic E-state index is 0.0382.